The number of hydrogen-bond donors (Lipinski definition) is 1. The van der Waals surface area contributed by atoms with Gasteiger partial charge in [0.1, 0.15) is 0 Å². The molecule has 11 heavy (non-hydrogen) atoms. The Bertz CT molecular complexity index is 119. The third-order valence-corrected chi connectivity index (χ3v) is 2.61. The highest BCUT2D eigenvalue weighted by Crippen LogP contribution is 2.20. The van der Waals surface area contributed by atoms with Crippen molar-refractivity contribution in [3.8, 4) is 0 Å². The minimum Gasteiger partial charge on any atom is -0.310 e. The molecule has 1 aliphatic rings. The Balaban J connectivity index is 2.20. The van der Waals surface area contributed by atoms with Gasteiger partial charge in [-0.15, -0.1) is 0 Å². The zero-order chi connectivity index (χ0) is 8.43. The highest BCUT2D eigenvalue weighted by Gasteiger charge is 2.25. The van der Waals surface area contributed by atoms with Gasteiger partial charge in [-0.25, -0.2) is 0 Å². The fraction of sp³-hybridized carbons (Fsp3) is 1.00. The van der Waals surface area contributed by atoms with Crippen molar-refractivity contribution in [2.75, 3.05) is 14.1 Å². The zero-order valence-electron chi connectivity index (χ0n) is 8.09. The Hall–Kier alpha value is -0.0800. The second-order valence-corrected chi connectivity index (χ2v) is 3.93. The molecule has 0 aliphatic heterocycles. The zero-order valence-corrected chi connectivity index (χ0v) is 8.09. The Morgan fingerprint density at radius 3 is 2.18 bits per heavy atom. The molecule has 2 heteroatoms. The molecule has 0 radical (unpaired) electrons. The molecule has 1 N–H and O–H groups in total. The van der Waals surface area contributed by atoms with E-state index in [1.54, 1.807) is 0 Å². The van der Waals surface area contributed by atoms with Crippen LogP contribution in [-0.2, 0) is 0 Å². The van der Waals surface area contributed by atoms with Crippen molar-refractivity contribution >= 4 is 0 Å². The standard InChI is InChI=1S/C9H20N2/c1-7(8(2)11(3)4)10-9-5-6-9/h7-10H,5-6H2,1-4H3/t7-,8?/m0/s1. The van der Waals surface area contributed by atoms with Gasteiger partial charge in [-0.3, -0.25) is 0 Å². The molecule has 0 heterocycles. The fourth-order valence-corrected chi connectivity index (χ4v) is 1.21. The number of nitrogens with one attached hydrogen (secondary N) is 1. The van der Waals surface area contributed by atoms with E-state index in [0.29, 0.717) is 12.1 Å². The van der Waals surface area contributed by atoms with Crippen LogP contribution >= 0.6 is 0 Å². The first-order valence-electron chi connectivity index (χ1n) is 4.53. The van der Waals surface area contributed by atoms with E-state index in [4.69, 9.17) is 0 Å². The smallest absolute Gasteiger partial charge is 0.0212 e. The first-order chi connectivity index (χ1) is 5.11. The van der Waals surface area contributed by atoms with Crippen LogP contribution in [0.4, 0.5) is 0 Å². The van der Waals surface area contributed by atoms with Gasteiger partial charge in [0.05, 0.1) is 0 Å². The Kier molecular flexibility index (Phi) is 2.90. The summed E-state index contributed by atoms with van der Waals surface area (Å²) >= 11 is 0. The van der Waals surface area contributed by atoms with Gasteiger partial charge >= 0.3 is 0 Å². The van der Waals surface area contributed by atoms with Crippen LogP contribution in [-0.4, -0.2) is 37.1 Å². The Labute approximate surface area is 70.0 Å². The molecule has 1 saturated carbocycles. The lowest BCUT2D eigenvalue weighted by molar-refractivity contribution is 0.254. The summed E-state index contributed by atoms with van der Waals surface area (Å²) in [6.07, 6.45) is 2.76. The second kappa shape index (κ2) is 3.55. The monoisotopic (exact) mass is 156 g/mol. The third-order valence-electron chi connectivity index (χ3n) is 2.61. The van der Waals surface area contributed by atoms with Crippen LogP contribution in [0, 0.1) is 0 Å². The lowest BCUT2D eigenvalue weighted by Gasteiger charge is -2.27. The van der Waals surface area contributed by atoms with E-state index in [2.05, 4.69) is 38.2 Å². The largest absolute Gasteiger partial charge is 0.310 e. The highest BCUT2D eigenvalue weighted by atomic mass is 15.1. The lowest BCUT2D eigenvalue weighted by Crippen LogP contribution is -2.44. The second-order valence-electron chi connectivity index (χ2n) is 3.93. The summed E-state index contributed by atoms with van der Waals surface area (Å²) < 4.78 is 0. The van der Waals surface area contributed by atoms with E-state index in [9.17, 15) is 0 Å². The molecule has 1 rings (SSSR count). The van der Waals surface area contributed by atoms with E-state index in [-0.39, 0.29) is 0 Å². The van der Waals surface area contributed by atoms with Crippen LogP contribution in [0.1, 0.15) is 26.7 Å². The number of likely N-dealkylation sites (N-methyl/N-ethyl adjacent to an activating group) is 1. The molecule has 0 aromatic heterocycles. The van der Waals surface area contributed by atoms with Crippen LogP contribution in [0.5, 0.6) is 0 Å². The van der Waals surface area contributed by atoms with Crippen LogP contribution in [0.2, 0.25) is 0 Å². The molecule has 66 valence electrons. The molecule has 0 spiro atoms. The fourth-order valence-electron chi connectivity index (χ4n) is 1.21. The van der Waals surface area contributed by atoms with Crippen molar-refractivity contribution in [2.45, 2.75) is 44.8 Å². The van der Waals surface area contributed by atoms with Gasteiger partial charge in [0.15, 0.2) is 0 Å². The first kappa shape index (κ1) is 9.01. The molecule has 2 atom stereocenters. The predicted molar refractivity (Wildman–Crippen MR) is 48.8 cm³/mol. The molecule has 1 aliphatic carbocycles. The van der Waals surface area contributed by atoms with E-state index in [0.717, 1.165) is 6.04 Å². The van der Waals surface area contributed by atoms with E-state index in [1.165, 1.54) is 12.8 Å². The third kappa shape index (κ3) is 2.80. The van der Waals surface area contributed by atoms with Gasteiger partial charge in [-0.05, 0) is 40.8 Å². The minimum absolute atomic E-state index is 0.623. The first-order valence-corrected chi connectivity index (χ1v) is 4.53. The van der Waals surface area contributed by atoms with Crippen molar-refractivity contribution in [3.05, 3.63) is 0 Å². The molecule has 0 aromatic rings. The normalized spacial score (nSPS) is 23.7. The molecule has 1 unspecified atom stereocenters. The molecule has 1 fully saturated rings. The van der Waals surface area contributed by atoms with Crippen LogP contribution in [0.25, 0.3) is 0 Å². The summed E-state index contributed by atoms with van der Waals surface area (Å²) in [5, 5.41) is 3.59. The summed E-state index contributed by atoms with van der Waals surface area (Å²) in [5.74, 6) is 0. The van der Waals surface area contributed by atoms with Gasteiger partial charge in [-0.2, -0.15) is 0 Å². The van der Waals surface area contributed by atoms with Crippen molar-refractivity contribution in [1.82, 2.24) is 10.2 Å². The molecule has 2 nitrogen and oxygen atoms in total. The SMILES string of the molecule is CC([C@H](C)NC1CC1)N(C)C. The topological polar surface area (TPSA) is 15.3 Å². The number of hydrogen-bond acceptors (Lipinski definition) is 2. The Morgan fingerprint density at radius 1 is 1.27 bits per heavy atom. The van der Waals surface area contributed by atoms with Gasteiger partial charge in [0.25, 0.3) is 0 Å². The predicted octanol–water partition coefficient (Wildman–Crippen LogP) is 1.08. The number of nitrogens with zero attached hydrogens (tertiary/aromatic N) is 1. The maximum Gasteiger partial charge on any atom is 0.0212 e. The highest BCUT2D eigenvalue weighted by molar-refractivity contribution is 4.86. The van der Waals surface area contributed by atoms with E-state index >= 15 is 0 Å². The van der Waals surface area contributed by atoms with E-state index in [1.807, 2.05) is 0 Å². The van der Waals surface area contributed by atoms with Crippen molar-refractivity contribution in [2.24, 2.45) is 0 Å². The maximum atomic E-state index is 3.59. The average Bonchev–Trinajstić information content (AvgIpc) is 2.69. The van der Waals surface area contributed by atoms with Crippen molar-refractivity contribution < 1.29 is 0 Å². The molecular weight excluding hydrogens is 136 g/mol. The van der Waals surface area contributed by atoms with Crippen molar-refractivity contribution in [1.29, 1.82) is 0 Å². The van der Waals surface area contributed by atoms with E-state index < -0.39 is 0 Å². The van der Waals surface area contributed by atoms with Gasteiger partial charge in [0, 0.05) is 18.1 Å². The quantitative estimate of drug-likeness (QED) is 0.655. The van der Waals surface area contributed by atoms with Gasteiger partial charge in [-0.1, -0.05) is 0 Å². The summed E-state index contributed by atoms with van der Waals surface area (Å²) in [7, 11) is 4.27. The average molecular weight is 156 g/mol. The van der Waals surface area contributed by atoms with Gasteiger partial charge in [0.2, 0.25) is 0 Å². The van der Waals surface area contributed by atoms with Gasteiger partial charge < -0.3 is 10.2 Å². The van der Waals surface area contributed by atoms with Crippen LogP contribution in [0.3, 0.4) is 0 Å². The maximum absolute atomic E-state index is 3.59. The Morgan fingerprint density at radius 2 is 1.82 bits per heavy atom. The summed E-state index contributed by atoms with van der Waals surface area (Å²) in [5.41, 5.74) is 0. The minimum atomic E-state index is 0.623. The molecule has 0 bridgehead atoms. The molecule has 0 aromatic carbocycles. The van der Waals surface area contributed by atoms with Crippen LogP contribution in [0.15, 0.2) is 0 Å². The summed E-state index contributed by atoms with van der Waals surface area (Å²) in [4.78, 5) is 2.26. The molecule has 0 amide bonds. The summed E-state index contributed by atoms with van der Waals surface area (Å²) in [6, 6.07) is 2.08. The van der Waals surface area contributed by atoms with Crippen LogP contribution < -0.4 is 5.32 Å². The molecular formula is C9H20N2. The molecule has 0 saturated heterocycles. The lowest BCUT2D eigenvalue weighted by atomic mass is 10.1. The number of rotatable bonds is 4. The van der Waals surface area contributed by atoms with Crippen molar-refractivity contribution in [3.63, 3.8) is 0 Å². The summed E-state index contributed by atoms with van der Waals surface area (Å²) in [6.45, 7) is 4.53.